The van der Waals surface area contributed by atoms with Crippen molar-refractivity contribution < 1.29 is 4.79 Å². The monoisotopic (exact) mass is 351 g/mol. The van der Waals surface area contributed by atoms with Crippen molar-refractivity contribution in [1.82, 2.24) is 10.3 Å². The van der Waals surface area contributed by atoms with E-state index in [4.69, 9.17) is 0 Å². The molecule has 3 rings (SSSR count). The summed E-state index contributed by atoms with van der Waals surface area (Å²) in [6.07, 6.45) is 3.46. The predicted octanol–water partition coefficient (Wildman–Crippen LogP) is 3.05. The molecule has 1 atom stereocenters. The molecule has 1 unspecified atom stereocenters. The van der Waals surface area contributed by atoms with Crippen molar-refractivity contribution in [2.24, 2.45) is 0 Å². The number of carbonyl (C=O) groups is 1. The molecule has 5 heteroatoms. The molecule has 1 aliphatic rings. The normalized spacial score (nSPS) is 16.9. The van der Waals surface area contributed by atoms with E-state index >= 15 is 0 Å². The fraction of sp³-hybridized carbons (Fsp3) is 0.333. The van der Waals surface area contributed by atoms with Crippen LogP contribution in [-0.4, -0.2) is 31.5 Å². The molecular formula is C21H25N3O2. The number of amides is 1. The summed E-state index contributed by atoms with van der Waals surface area (Å²) < 4.78 is 0. The second kappa shape index (κ2) is 7.20. The molecule has 5 nitrogen and oxygen atoms in total. The average Bonchev–Trinajstić information content (AvgIpc) is 2.61. The molecule has 2 aromatic rings. The second-order valence-corrected chi connectivity index (χ2v) is 6.97. The molecule has 1 fully saturated rings. The molecule has 2 N–H and O–H groups in total. The number of aryl methyl sites for hydroxylation is 1. The van der Waals surface area contributed by atoms with Gasteiger partial charge in [0.25, 0.3) is 5.56 Å². The van der Waals surface area contributed by atoms with Gasteiger partial charge in [-0.2, -0.15) is 0 Å². The zero-order valence-corrected chi connectivity index (χ0v) is 15.6. The number of piperidine rings is 1. The number of benzene rings is 1. The van der Waals surface area contributed by atoms with Gasteiger partial charge >= 0.3 is 0 Å². The van der Waals surface area contributed by atoms with E-state index < -0.39 is 0 Å². The number of nitrogens with zero attached hydrogens (tertiary/aromatic N) is 1. The van der Waals surface area contributed by atoms with Crippen molar-refractivity contribution >= 4 is 17.7 Å². The van der Waals surface area contributed by atoms with Crippen LogP contribution < -0.4 is 15.8 Å². The summed E-state index contributed by atoms with van der Waals surface area (Å²) in [5.74, 6) is -0.417. The molecule has 26 heavy (non-hydrogen) atoms. The van der Waals surface area contributed by atoms with Gasteiger partial charge in [-0.05, 0) is 43.5 Å². The number of H-pyrrole nitrogens is 1. The van der Waals surface area contributed by atoms with Crippen LogP contribution in [0.4, 0.5) is 5.69 Å². The fourth-order valence-electron chi connectivity index (χ4n) is 3.57. The van der Waals surface area contributed by atoms with Gasteiger partial charge in [0.2, 0.25) is 5.91 Å². The molecule has 1 aliphatic heterocycles. The highest BCUT2D eigenvalue weighted by atomic mass is 16.2. The van der Waals surface area contributed by atoms with Gasteiger partial charge in [0.1, 0.15) is 0 Å². The zero-order chi connectivity index (χ0) is 18.8. The van der Waals surface area contributed by atoms with Gasteiger partial charge in [-0.3, -0.25) is 9.59 Å². The molecule has 0 aliphatic carbocycles. The lowest BCUT2D eigenvalue weighted by Gasteiger charge is -2.22. The molecule has 1 saturated heterocycles. The number of hydrogen-bond acceptors (Lipinski definition) is 3. The number of rotatable bonds is 4. The molecule has 2 heterocycles. The van der Waals surface area contributed by atoms with Gasteiger partial charge in [-0.25, -0.2) is 0 Å². The van der Waals surface area contributed by atoms with E-state index in [2.05, 4.69) is 16.9 Å². The number of carbonyl (C=O) groups excluding carboxylic acids is 1. The topological polar surface area (TPSA) is 65.2 Å². The Hall–Kier alpha value is -2.82. The largest absolute Gasteiger partial charge is 0.377 e. The Morgan fingerprint density at radius 2 is 2.00 bits per heavy atom. The van der Waals surface area contributed by atoms with E-state index in [1.165, 1.54) is 0 Å². The zero-order valence-electron chi connectivity index (χ0n) is 15.6. The minimum atomic E-state index is -0.358. The van der Waals surface area contributed by atoms with Crippen LogP contribution in [0.3, 0.4) is 0 Å². The highest BCUT2D eigenvalue weighted by molar-refractivity contribution is 5.84. The van der Waals surface area contributed by atoms with E-state index in [1.54, 1.807) is 6.07 Å². The van der Waals surface area contributed by atoms with Crippen LogP contribution >= 0.6 is 0 Å². The highest BCUT2D eigenvalue weighted by Gasteiger charge is 2.26. The van der Waals surface area contributed by atoms with Crippen LogP contribution in [0.5, 0.6) is 0 Å². The van der Waals surface area contributed by atoms with Crippen molar-refractivity contribution in [3.8, 4) is 11.3 Å². The highest BCUT2D eigenvalue weighted by Crippen LogP contribution is 2.30. The van der Waals surface area contributed by atoms with Crippen molar-refractivity contribution in [2.75, 3.05) is 25.5 Å². The van der Waals surface area contributed by atoms with Gasteiger partial charge in [0.15, 0.2) is 0 Å². The minimum Gasteiger partial charge on any atom is -0.377 e. The van der Waals surface area contributed by atoms with Crippen molar-refractivity contribution in [1.29, 1.82) is 0 Å². The first-order valence-electron chi connectivity index (χ1n) is 8.88. The van der Waals surface area contributed by atoms with Crippen LogP contribution in [0, 0.1) is 6.92 Å². The molecule has 0 bridgehead atoms. The lowest BCUT2D eigenvalue weighted by molar-refractivity contribution is -0.123. The first-order chi connectivity index (χ1) is 12.4. The van der Waals surface area contributed by atoms with E-state index in [9.17, 15) is 9.59 Å². The van der Waals surface area contributed by atoms with Gasteiger partial charge in [-0.15, -0.1) is 0 Å². The summed E-state index contributed by atoms with van der Waals surface area (Å²) in [5.41, 5.74) is 5.26. The average molecular weight is 351 g/mol. The number of anilines is 1. The Morgan fingerprint density at radius 3 is 2.62 bits per heavy atom. The standard InChI is InChI=1S/C21H25N3O2/c1-5-15-13(2)11-14(12-19(15)24(3)4)18-9-8-17(21(26)23-18)16-7-6-10-22-20(16)25/h5,8-9,11-12,16H,1,6-7,10H2,2-4H3,(H,22,25)(H,23,26). The summed E-state index contributed by atoms with van der Waals surface area (Å²) in [5, 5.41) is 2.84. The maximum absolute atomic E-state index is 12.6. The summed E-state index contributed by atoms with van der Waals surface area (Å²) >= 11 is 0. The van der Waals surface area contributed by atoms with Gasteiger partial charge in [-0.1, -0.05) is 18.7 Å². The summed E-state index contributed by atoms with van der Waals surface area (Å²) in [7, 11) is 3.97. The van der Waals surface area contributed by atoms with Gasteiger partial charge in [0, 0.05) is 48.7 Å². The van der Waals surface area contributed by atoms with E-state index in [0.29, 0.717) is 18.5 Å². The fourth-order valence-corrected chi connectivity index (χ4v) is 3.57. The molecule has 1 amide bonds. The van der Waals surface area contributed by atoms with E-state index in [-0.39, 0.29) is 17.4 Å². The third-order valence-corrected chi connectivity index (χ3v) is 4.96. The quantitative estimate of drug-likeness (QED) is 0.890. The van der Waals surface area contributed by atoms with Crippen LogP contribution in [0.25, 0.3) is 17.3 Å². The summed E-state index contributed by atoms with van der Waals surface area (Å²) in [4.78, 5) is 29.7. The summed E-state index contributed by atoms with van der Waals surface area (Å²) in [6, 6.07) is 7.76. The van der Waals surface area contributed by atoms with Crippen molar-refractivity contribution in [3.05, 3.63) is 57.9 Å². The first kappa shape index (κ1) is 18.0. The van der Waals surface area contributed by atoms with Crippen molar-refractivity contribution in [2.45, 2.75) is 25.7 Å². The summed E-state index contributed by atoms with van der Waals surface area (Å²) in [6.45, 7) is 6.62. The Kier molecular flexibility index (Phi) is 4.98. The third kappa shape index (κ3) is 3.29. The van der Waals surface area contributed by atoms with Gasteiger partial charge < -0.3 is 15.2 Å². The Balaban J connectivity index is 2.03. The van der Waals surface area contributed by atoms with E-state index in [1.807, 2.05) is 50.2 Å². The SMILES string of the molecule is C=Cc1c(C)cc(-c2ccc(C3CCCNC3=O)c(=O)[nH]2)cc1N(C)C. The number of hydrogen-bond donors (Lipinski definition) is 2. The number of aromatic nitrogens is 1. The molecular weight excluding hydrogens is 326 g/mol. The number of pyridine rings is 1. The molecule has 1 aromatic heterocycles. The van der Waals surface area contributed by atoms with Gasteiger partial charge in [0.05, 0.1) is 5.92 Å². The molecule has 136 valence electrons. The van der Waals surface area contributed by atoms with Crippen molar-refractivity contribution in [3.63, 3.8) is 0 Å². The molecule has 0 spiro atoms. The van der Waals surface area contributed by atoms with Crippen LogP contribution in [-0.2, 0) is 4.79 Å². The maximum atomic E-state index is 12.6. The smallest absolute Gasteiger partial charge is 0.252 e. The molecule has 0 saturated carbocycles. The number of aromatic amines is 1. The Bertz CT molecular complexity index is 912. The maximum Gasteiger partial charge on any atom is 0.252 e. The van der Waals surface area contributed by atoms with Crippen LogP contribution in [0.2, 0.25) is 0 Å². The second-order valence-electron chi connectivity index (χ2n) is 6.97. The Labute approximate surface area is 153 Å². The predicted molar refractivity (Wildman–Crippen MR) is 107 cm³/mol. The van der Waals surface area contributed by atoms with Crippen LogP contribution in [0.15, 0.2) is 35.6 Å². The first-order valence-corrected chi connectivity index (χ1v) is 8.88. The molecule has 1 aromatic carbocycles. The lowest BCUT2D eigenvalue weighted by atomic mass is 9.91. The van der Waals surface area contributed by atoms with E-state index in [0.717, 1.165) is 34.5 Å². The molecule has 0 radical (unpaired) electrons. The Morgan fingerprint density at radius 1 is 1.23 bits per heavy atom. The minimum absolute atomic E-state index is 0.0597. The van der Waals surface area contributed by atoms with Crippen LogP contribution in [0.1, 0.15) is 35.4 Å². The third-order valence-electron chi connectivity index (χ3n) is 4.96. The number of nitrogens with one attached hydrogen (secondary N) is 2. The lowest BCUT2D eigenvalue weighted by Crippen LogP contribution is -2.37.